The molecule has 2 heterocycles. The van der Waals surface area contributed by atoms with Gasteiger partial charge in [-0.3, -0.25) is 0 Å². The van der Waals surface area contributed by atoms with Crippen LogP contribution in [0.15, 0.2) is 34.9 Å². The van der Waals surface area contributed by atoms with Gasteiger partial charge in [-0.1, -0.05) is 42.4 Å². The lowest BCUT2D eigenvalue weighted by atomic mass is 10.1. The summed E-state index contributed by atoms with van der Waals surface area (Å²) in [7, 11) is 0. The molecular formula is C16H21N3O2. The second-order valence-corrected chi connectivity index (χ2v) is 5.60. The number of hydrogen-bond acceptors (Lipinski definition) is 5. The van der Waals surface area contributed by atoms with Crippen molar-refractivity contribution < 1.29 is 9.26 Å². The Balaban J connectivity index is 1.60. The Morgan fingerprint density at radius 3 is 2.86 bits per heavy atom. The molecule has 1 aromatic carbocycles. The Bertz CT molecular complexity index is 570. The predicted octanol–water partition coefficient (Wildman–Crippen LogP) is 2.61. The fourth-order valence-electron chi connectivity index (χ4n) is 2.56. The minimum Gasteiger partial charge on any atom is -0.377 e. The van der Waals surface area contributed by atoms with E-state index in [0.29, 0.717) is 17.8 Å². The topological polar surface area (TPSA) is 60.2 Å². The molecule has 0 bridgehead atoms. The standard InChI is InChI=1S/C16H21N3O2/c1-11(10-17-14-8-9-20-12(14)2)16-18-15(19-21-16)13-6-4-3-5-7-13/h3-7,11-12,14,17H,8-10H2,1-2H3/t11-,12-,14-/m1/s1. The van der Waals surface area contributed by atoms with Gasteiger partial charge in [-0.05, 0) is 13.3 Å². The van der Waals surface area contributed by atoms with E-state index in [1.807, 2.05) is 30.3 Å². The van der Waals surface area contributed by atoms with Crippen molar-refractivity contribution in [3.05, 3.63) is 36.2 Å². The summed E-state index contributed by atoms with van der Waals surface area (Å²) in [6, 6.07) is 10.3. The molecule has 1 saturated heterocycles. The molecule has 3 rings (SSSR count). The number of nitrogens with one attached hydrogen (secondary N) is 1. The fraction of sp³-hybridized carbons (Fsp3) is 0.500. The highest BCUT2D eigenvalue weighted by Gasteiger charge is 2.25. The van der Waals surface area contributed by atoms with Crippen molar-refractivity contribution in [3.63, 3.8) is 0 Å². The van der Waals surface area contributed by atoms with Crippen molar-refractivity contribution in [1.82, 2.24) is 15.5 Å². The molecule has 5 nitrogen and oxygen atoms in total. The first-order valence-corrected chi connectivity index (χ1v) is 7.48. The number of ether oxygens (including phenoxy) is 1. The van der Waals surface area contributed by atoms with E-state index in [1.54, 1.807) is 0 Å². The number of hydrogen-bond donors (Lipinski definition) is 1. The summed E-state index contributed by atoms with van der Waals surface area (Å²) in [5, 5.41) is 7.59. The first kappa shape index (κ1) is 14.2. The molecule has 1 aliphatic rings. The van der Waals surface area contributed by atoms with Crippen LogP contribution < -0.4 is 5.32 Å². The lowest BCUT2D eigenvalue weighted by molar-refractivity contribution is 0.113. The third-order valence-corrected chi connectivity index (χ3v) is 3.96. The number of benzene rings is 1. The highest BCUT2D eigenvalue weighted by molar-refractivity contribution is 5.53. The molecule has 0 spiro atoms. The summed E-state index contributed by atoms with van der Waals surface area (Å²) in [5.74, 6) is 1.51. The molecule has 2 aromatic rings. The molecule has 112 valence electrons. The predicted molar refractivity (Wildman–Crippen MR) is 80.0 cm³/mol. The highest BCUT2D eigenvalue weighted by atomic mass is 16.5. The van der Waals surface area contributed by atoms with E-state index in [9.17, 15) is 0 Å². The fourth-order valence-corrected chi connectivity index (χ4v) is 2.56. The van der Waals surface area contributed by atoms with E-state index in [-0.39, 0.29) is 12.0 Å². The van der Waals surface area contributed by atoms with Crippen molar-refractivity contribution in [2.45, 2.75) is 38.3 Å². The molecule has 1 N–H and O–H groups in total. The van der Waals surface area contributed by atoms with Crippen molar-refractivity contribution in [2.75, 3.05) is 13.2 Å². The van der Waals surface area contributed by atoms with Crippen LogP contribution >= 0.6 is 0 Å². The number of aromatic nitrogens is 2. The zero-order chi connectivity index (χ0) is 14.7. The van der Waals surface area contributed by atoms with Gasteiger partial charge in [0.25, 0.3) is 0 Å². The molecule has 1 fully saturated rings. The van der Waals surface area contributed by atoms with Gasteiger partial charge in [0.1, 0.15) is 0 Å². The van der Waals surface area contributed by atoms with E-state index in [0.717, 1.165) is 25.1 Å². The molecule has 0 aliphatic carbocycles. The molecule has 1 aromatic heterocycles. The summed E-state index contributed by atoms with van der Waals surface area (Å²) >= 11 is 0. The van der Waals surface area contributed by atoms with Crippen LogP contribution in [0.2, 0.25) is 0 Å². The summed E-state index contributed by atoms with van der Waals surface area (Å²) < 4.78 is 10.9. The van der Waals surface area contributed by atoms with E-state index < -0.39 is 0 Å². The van der Waals surface area contributed by atoms with Gasteiger partial charge in [-0.15, -0.1) is 0 Å². The average Bonchev–Trinajstić information content (AvgIpc) is 3.15. The Morgan fingerprint density at radius 1 is 1.33 bits per heavy atom. The van der Waals surface area contributed by atoms with Crippen LogP contribution in [0.3, 0.4) is 0 Å². The van der Waals surface area contributed by atoms with Crippen molar-refractivity contribution in [2.24, 2.45) is 0 Å². The third kappa shape index (κ3) is 3.31. The van der Waals surface area contributed by atoms with E-state index in [4.69, 9.17) is 9.26 Å². The highest BCUT2D eigenvalue weighted by Crippen LogP contribution is 2.20. The molecule has 1 aliphatic heterocycles. The maximum absolute atomic E-state index is 5.55. The Hall–Kier alpha value is -1.72. The van der Waals surface area contributed by atoms with Crippen LogP contribution in [0.4, 0.5) is 0 Å². The third-order valence-electron chi connectivity index (χ3n) is 3.96. The monoisotopic (exact) mass is 287 g/mol. The van der Waals surface area contributed by atoms with Crippen molar-refractivity contribution >= 4 is 0 Å². The minimum absolute atomic E-state index is 0.183. The summed E-state index contributed by atoms with van der Waals surface area (Å²) in [4.78, 5) is 4.50. The van der Waals surface area contributed by atoms with Gasteiger partial charge in [-0.25, -0.2) is 0 Å². The normalized spacial score (nSPS) is 23.3. The van der Waals surface area contributed by atoms with E-state index in [2.05, 4.69) is 29.3 Å². The second kappa shape index (κ2) is 6.37. The molecule has 21 heavy (non-hydrogen) atoms. The summed E-state index contributed by atoms with van der Waals surface area (Å²) in [6.45, 7) is 5.85. The first-order valence-electron chi connectivity index (χ1n) is 7.48. The van der Waals surface area contributed by atoms with Gasteiger partial charge in [0, 0.05) is 30.7 Å². The molecule has 0 radical (unpaired) electrons. The molecule has 5 heteroatoms. The van der Waals surface area contributed by atoms with Gasteiger partial charge < -0.3 is 14.6 Å². The smallest absolute Gasteiger partial charge is 0.231 e. The maximum atomic E-state index is 5.55. The lowest BCUT2D eigenvalue weighted by Crippen LogP contribution is -2.36. The SMILES string of the molecule is C[C@H](CN[C@@H]1CCO[C@@H]1C)c1nc(-c2ccccc2)no1. The van der Waals surface area contributed by atoms with E-state index >= 15 is 0 Å². The Morgan fingerprint density at radius 2 is 2.14 bits per heavy atom. The summed E-state index contributed by atoms with van der Waals surface area (Å²) in [5.41, 5.74) is 0.977. The van der Waals surface area contributed by atoms with Crippen LogP contribution in [0.1, 0.15) is 32.1 Å². The second-order valence-electron chi connectivity index (χ2n) is 5.60. The molecule has 0 saturated carbocycles. The van der Waals surface area contributed by atoms with Gasteiger partial charge in [-0.2, -0.15) is 4.98 Å². The zero-order valence-electron chi connectivity index (χ0n) is 12.5. The molecule has 0 unspecified atom stereocenters. The largest absolute Gasteiger partial charge is 0.377 e. The first-order chi connectivity index (χ1) is 10.2. The van der Waals surface area contributed by atoms with Crippen LogP contribution in [0, 0.1) is 0 Å². The van der Waals surface area contributed by atoms with Crippen molar-refractivity contribution in [1.29, 1.82) is 0 Å². The van der Waals surface area contributed by atoms with Gasteiger partial charge >= 0.3 is 0 Å². The van der Waals surface area contributed by atoms with Crippen LogP contribution in [0.5, 0.6) is 0 Å². The van der Waals surface area contributed by atoms with Crippen LogP contribution in [-0.4, -0.2) is 35.4 Å². The van der Waals surface area contributed by atoms with E-state index in [1.165, 1.54) is 0 Å². The zero-order valence-corrected chi connectivity index (χ0v) is 12.5. The molecule has 0 amide bonds. The Labute approximate surface area is 124 Å². The Kier molecular flexibility index (Phi) is 4.31. The lowest BCUT2D eigenvalue weighted by Gasteiger charge is -2.17. The van der Waals surface area contributed by atoms with Gasteiger partial charge in [0.2, 0.25) is 11.7 Å². The molecule has 3 atom stereocenters. The van der Waals surface area contributed by atoms with Gasteiger partial charge in [0.15, 0.2) is 0 Å². The van der Waals surface area contributed by atoms with Crippen molar-refractivity contribution in [3.8, 4) is 11.4 Å². The van der Waals surface area contributed by atoms with Crippen LogP contribution in [0.25, 0.3) is 11.4 Å². The molecular weight excluding hydrogens is 266 g/mol. The quantitative estimate of drug-likeness (QED) is 0.916. The average molecular weight is 287 g/mol. The summed E-state index contributed by atoms with van der Waals surface area (Å²) in [6.07, 6.45) is 1.34. The maximum Gasteiger partial charge on any atom is 0.231 e. The van der Waals surface area contributed by atoms with Gasteiger partial charge in [0.05, 0.1) is 6.10 Å². The minimum atomic E-state index is 0.183. The number of rotatable bonds is 5. The number of nitrogens with zero attached hydrogens (tertiary/aromatic N) is 2. The van der Waals surface area contributed by atoms with Crippen LogP contribution in [-0.2, 0) is 4.74 Å².